The summed E-state index contributed by atoms with van der Waals surface area (Å²) < 4.78 is 16.3. The summed E-state index contributed by atoms with van der Waals surface area (Å²) in [5, 5.41) is 6.29. The second-order valence-electron chi connectivity index (χ2n) is 6.64. The lowest BCUT2D eigenvalue weighted by Crippen LogP contribution is -2.37. The van der Waals surface area contributed by atoms with Gasteiger partial charge in [-0.2, -0.15) is 0 Å². The first kappa shape index (κ1) is 20.5. The van der Waals surface area contributed by atoms with Crippen LogP contribution in [0.2, 0.25) is 0 Å². The molecule has 0 unspecified atom stereocenters. The van der Waals surface area contributed by atoms with Crippen LogP contribution in [-0.4, -0.2) is 26.7 Å². The Morgan fingerprint density at radius 3 is 2.48 bits per heavy atom. The van der Waals surface area contributed by atoms with E-state index in [4.69, 9.17) is 13.9 Å². The van der Waals surface area contributed by atoms with E-state index in [9.17, 15) is 4.79 Å². The zero-order chi connectivity index (χ0) is 20.6. The zero-order valence-electron chi connectivity index (χ0n) is 16.8. The van der Waals surface area contributed by atoms with Gasteiger partial charge in [0.05, 0.1) is 39.1 Å². The average molecular weight is 394 g/mol. The number of amides is 1. The zero-order valence-corrected chi connectivity index (χ0v) is 16.8. The standard InChI is InChI=1S/C23H26N2O4/c1-16(19-14-18(27-2)11-12-20(19)28-3)25-22(26)15-24-23(21-10-7-13-29-21)17-8-5-4-6-9-17/h4-14,16,23-24H,15H2,1-3H3,(H,25,26)/t16-,23+/m0/s1. The van der Waals surface area contributed by atoms with Gasteiger partial charge in [-0.05, 0) is 42.8 Å². The third-order valence-electron chi connectivity index (χ3n) is 4.71. The van der Waals surface area contributed by atoms with Crippen molar-refractivity contribution in [3.63, 3.8) is 0 Å². The van der Waals surface area contributed by atoms with E-state index in [1.807, 2.05) is 67.6 Å². The van der Waals surface area contributed by atoms with Crippen molar-refractivity contribution in [3.8, 4) is 11.5 Å². The molecule has 0 aliphatic heterocycles. The fourth-order valence-electron chi connectivity index (χ4n) is 3.23. The molecule has 0 aliphatic rings. The molecule has 3 aromatic rings. The fourth-order valence-corrected chi connectivity index (χ4v) is 3.23. The van der Waals surface area contributed by atoms with Crippen molar-refractivity contribution in [2.24, 2.45) is 0 Å². The third-order valence-corrected chi connectivity index (χ3v) is 4.71. The highest BCUT2D eigenvalue weighted by Gasteiger charge is 2.19. The van der Waals surface area contributed by atoms with E-state index >= 15 is 0 Å². The smallest absolute Gasteiger partial charge is 0.234 e. The van der Waals surface area contributed by atoms with Crippen molar-refractivity contribution in [1.82, 2.24) is 10.6 Å². The molecule has 6 nitrogen and oxygen atoms in total. The number of nitrogens with one attached hydrogen (secondary N) is 2. The molecule has 2 N–H and O–H groups in total. The maximum Gasteiger partial charge on any atom is 0.234 e. The van der Waals surface area contributed by atoms with Crippen LogP contribution in [0.1, 0.15) is 35.9 Å². The van der Waals surface area contributed by atoms with Crippen molar-refractivity contribution in [1.29, 1.82) is 0 Å². The molecule has 2 atom stereocenters. The minimum atomic E-state index is -0.242. The van der Waals surface area contributed by atoms with Gasteiger partial charge in [0, 0.05) is 5.56 Å². The first-order valence-corrected chi connectivity index (χ1v) is 9.45. The Morgan fingerprint density at radius 2 is 1.83 bits per heavy atom. The molecule has 0 saturated heterocycles. The Hall–Kier alpha value is -3.25. The van der Waals surface area contributed by atoms with E-state index in [1.165, 1.54) is 0 Å². The summed E-state index contributed by atoms with van der Waals surface area (Å²) in [6.45, 7) is 2.05. The number of carbonyl (C=O) groups excluding carboxylic acids is 1. The van der Waals surface area contributed by atoms with Gasteiger partial charge in [0.15, 0.2) is 0 Å². The van der Waals surface area contributed by atoms with E-state index in [0.717, 1.165) is 16.9 Å². The Morgan fingerprint density at radius 1 is 1.03 bits per heavy atom. The SMILES string of the molecule is COc1ccc(OC)c([C@H](C)NC(=O)CN[C@H](c2ccccc2)c2ccco2)c1. The third kappa shape index (κ3) is 5.18. The molecule has 1 amide bonds. The first-order chi connectivity index (χ1) is 14.1. The van der Waals surface area contributed by atoms with Gasteiger partial charge in [0.2, 0.25) is 5.91 Å². The molecule has 1 aromatic heterocycles. The summed E-state index contributed by atoms with van der Waals surface area (Å²) in [6, 6.07) is 18.7. The van der Waals surface area contributed by atoms with Gasteiger partial charge in [0.25, 0.3) is 0 Å². The molecule has 152 valence electrons. The van der Waals surface area contributed by atoms with E-state index < -0.39 is 0 Å². The van der Waals surface area contributed by atoms with Crippen LogP contribution in [0.15, 0.2) is 71.3 Å². The maximum atomic E-state index is 12.6. The Bertz CT molecular complexity index is 910. The summed E-state index contributed by atoms with van der Waals surface area (Å²) in [5.74, 6) is 2.03. The topological polar surface area (TPSA) is 72.7 Å². The number of benzene rings is 2. The summed E-state index contributed by atoms with van der Waals surface area (Å²) in [7, 11) is 3.21. The van der Waals surface area contributed by atoms with Gasteiger partial charge >= 0.3 is 0 Å². The number of rotatable bonds is 9. The van der Waals surface area contributed by atoms with Crippen LogP contribution in [0.3, 0.4) is 0 Å². The number of carbonyl (C=O) groups is 1. The summed E-state index contributed by atoms with van der Waals surface area (Å²) in [4.78, 5) is 12.6. The Kier molecular flexibility index (Phi) is 6.92. The summed E-state index contributed by atoms with van der Waals surface area (Å²) in [6.07, 6.45) is 1.63. The molecule has 0 spiro atoms. The van der Waals surface area contributed by atoms with Gasteiger partial charge in [-0.1, -0.05) is 30.3 Å². The normalized spacial score (nSPS) is 12.8. The van der Waals surface area contributed by atoms with Crippen LogP contribution in [0.5, 0.6) is 11.5 Å². The van der Waals surface area contributed by atoms with Crippen LogP contribution in [-0.2, 0) is 4.79 Å². The van der Waals surface area contributed by atoms with Crippen molar-refractivity contribution >= 4 is 5.91 Å². The van der Waals surface area contributed by atoms with Crippen LogP contribution in [0.4, 0.5) is 0 Å². The number of hydrogen-bond donors (Lipinski definition) is 2. The predicted molar refractivity (Wildman–Crippen MR) is 111 cm³/mol. The quantitative estimate of drug-likeness (QED) is 0.577. The maximum absolute atomic E-state index is 12.6. The molecule has 0 saturated carbocycles. The van der Waals surface area contributed by atoms with Crippen LogP contribution in [0, 0.1) is 0 Å². The number of methoxy groups -OCH3 is 2. The van der Waals surface area contributed by atoms with E-state index in [0.29, 0.717) is 11.5 Å². The molecule has 1 heterocycles. The van der Waals surface area contributed by atoms with Gasteiger partial charge in [-0.15, -0.1) is 0 Å². The van der Waals surface area contributed by atoms with Gasteiger partial charge in [-0.3, -0.25) is 10.1 Å². The highest BCUT2D eigenvalue weighted by molar-refractivity contribution is 5.78. The van der Waals surface area contributed by atoms with Gasteiger partial charge in [-0.25, -0.2) is 0 Å². The lowest BCUT2D eigenvalue weighted by atomic mass is 10.0. The average Bonchev–Trinajstić information content (AvgIpc) is 3.28. The minimum Gasteiger partial charge on any atom is -0.497 e. The lowest BCUT2D eigenvalue weighted by Gasteiger charge is -2.20. The van der Waals surface area contributed by atoms with E-state index in [-0.39, 0.29) is 24.5 Å². The highest BCUT2D eigenvalue weighted by Crippen LogP contribution is 2.29. The molecule has 0 radical (unpaired) electrons. The summed E-state index contributed by atoms with van der Waals surface area (Å²) in [5.41, 5.74) is 1.88. The number of hydrogen-bond acceptors (Lipinski definition) is 5. The van der Waals surface area contributed by atoms with Crippen LogP contribution < -0.4 is 20.1 Å². The van der Waals surface area contributed by atoms with E-state index in [2.05, 4.69) is 10.6 Å². The van der Waals surface area contributed by atoms with E-state index in [1.54, 1.807) is 20.5 Å². The first-order valence-electron chi connectivity index (χ1n) is 9.45. The summed E-state index contributed by atoms with van der Waals surface area (Å²) >= 11 is 0. The largest absolute Gasteiger partial charge is 0.497 e. The van der Waals surface area contributed by atoms with Crippen molar-refractivity contribution < 1.29 is 18.7 Å². The van der Waals surface area contributed by atoms with Crippen molar-refractivity contribution in [2.75, 3.05) is 20.8 Å². The second kappa shape index (κ2) is 9.80. The minimum absolute atomic E-state index is 0.130. The fraction of sp³-hybridized carbons (Fsp3) is 0.261. The molecule has 6 heteroatoms. The van der Waals surface area contributed by atoms with Gasteiger partial charge < -0.3 is 19.2 Å². The number of ether oxygens (including phenoxy) is 2. The molecule has 3 rings (SSSR count). The Balaban J connectivity index is 1.67. The van der Waals surface area contributed by atoms with Crippen molar-refractivity contribution in [3.05, 3.63) is 83.8 Å². The Labute approximate surface area is 170 Å². The van der Waals surface area contributed by atoms with Crippen LogP contribution in [0.25, 0.3) is 0 Å². The second-order valence-corrected chi connectivity index (χ2v) is 6.64. The highest BCUT2D eigenvalue weighted by atomic mass is 16.5. The molecule has 0 bridgehead atoms. The van der Waals surface area contributed by atoms with Gasteiger partial charge in [0.1, 0.15) is 17.3 Å². The number of furan rings is 1. The molecule has 0 fully saturated rings. The molecule has 2 aromatic carbocycles. The predicted octanol–water partition coefficient (Wildman–Crippen LogP) is 3.85. The van der Waals surface area contributed by atoms with Crippen LogP contribution >= 0.6 is 0 Å². The molecule has 29 heavy (non-hydrogen) atoms. The molecular formula is C23H26N2O4. The monoisotopic (exact) mass is 394 g/mol. The molecule has 0 aliphatic carbocycles. The van der Waals surface area contributed by atoms with Crippen molar-refractivity contribution in [2.45, 2.75) is 19.0 Å². The lowest BCUT2D eigenvalue weighted by molar-refractivity contribution is -0.121. The molecular weight excluding hydrogens is 368 g/mol.